The Morgan fingerprint density at radius 3 is 2.84 bits per heavy atom. The molecule has 3 rings (SSSR count). The van der Waals surface area contributed by atoms with Crippen LogP contribution in [-0.2, 0) is 0 Å². The minimum absolute atomic E-state index is 0.400. The number of nitrogens with one attached hydrogen (secondary N) is 1. The summed E-state index contributed by atoms with van der Waals surface area (Å²) >= 11 is 0. The van der Waals surface area contributed by atoms with E-state index in [2.05, 4.69) is 15.0 Å². The van der Waals surface area contributed by atoms with Crippen molar-refractivity contribution in [1.82, 2.24) is 15.0 Å². The number of nitrogens with zero attached hydrogens (tertiary/aromatic N) is 2. The molecule has 0 aliphatic carbocycles. The molecule has 0 fully saturated rings. The van der Waals surface area contributed by atoms with Gasteiger partial charge in [0.15, 0.2) is 5.82 Å². The van der Waals surface area contributed by atoms with Crippen LogP contribution in [0.2, 0.25) is 0 Å². The molecule has 94 valence electrons. The number of amides is 1. The third kappa shape index (κ3) is 2.06. The molecule has 0 atom stereocenters. The Kier molecular flexibility index (Phi) is 2.52. The average molecular weight is 252 g/mol. The summed E-state index contributed by atoms with van der Waals surface area (Å²) in [5.41, 5.74) is 8.30. The molecule has 0 aliphatic heterocycles. The number of fused-ring (bicyclic) bond motifs is 1. The molecule has 19 heavy (non-hydrogen) atoms. The van der Waals surface area contributed by atoms with E-state index in [1.807, 2.05) is 31.2 Å². The summed E-state index contributed by atoms with van der Waals surface area (Å²) in [4.78, 5) is 22.7. The molecule has 1 amide bonds. The van der Waals surface area contributed by atoms with E-state index in [-0.39, 0.29) is 0 Å². The van der Waals surface area contributed by atoms with Crippen LogP contribution in [0.4, 0.5) is 0 Å². The fourth-order valence-corrected chi connectivity index (χ4v) is 1.99. The second-order valence-electron chi connectivity index (χ2n) is 4.37. The van der Waals surface area contributed by atoms with Gasteiger partial charge in [-0.1, -0.05) is 12.1 Å². The van der Waals surface area contributed by atoms with Gasteiger partial charge >= 0.3 is 0 Å². The van der Waals surface area contributed by atoms with Crippen LogP contribution in [0.3, 0.4) is 0 Å². The number of primary amides is 1. The SMILES string of the molecule is Cc1ccnc(-c2ccc3cc(C(N)=O)[nH]c3c2)n1. The molecule has 0 unspecified atom stereocenters. The maximum absolute atomic E-state index is 11.1. The number of hydrogen-bond donors (Lipinski definition) is 2. The van der Waals surface area contributed by atoms with Crippen molar-refractivity contribution >= 4 is 16.8 Å². The Bertz CT molecular complexity index is 776. The third-order valence-electron chi connectivity index (χ3n) is 2.94. The number of carbonyl (C=O) groups excluding carboxylic acids is 1. The fraction of sp³-hybridized carbons (Fsp3) is 0.0714. The lowest BCUT2D eigenvalue weighted by Gasteiger charge is -2.01. The van der Waals surface area contributed by atoms with Crippen molar-refractivity contribution < 1.29 is 4.79 Å². The van der Waals surface area contributed by atoms with Gasteiger partial charge in [0.1, 0.15) is 5.69 Å². The molecule has 0 saturated carbocycles. The summed E-state index contributed by atoms with van der Waals surface area (Å²) in [5, 5.41) is 0.935. The van der Waals surface area contributed by atoms with Crippen molar-refractivity contribution in [2.45, 2.75) is 6.92 Å². The number of nitrogens with two attached hydrogens (primary N) is 1. The lowest BCUT2D eigenvalue weighted by molar-refractivity contribution is 0.0996. The van der Waals surface area contributed by atoms with Gasteiger partial charge in [-0.05, 0) is 25.1 Å². The van der Waals surface area contributed by atoms with E-state index in [1.165, 1.54) is 0 Å². The standard InChI is InChI=1S/C14H12N4O/c1-8-4-5-16-14(17-8)10-3-2-9-6-12(13(15)19)18-11(9)7-10/h2-7,18H,1H3,(H2,15,19). The van der Waals surface area contributed by atoms with E-state index in [0.717, 1.165) is 22.2 Å². The summed E-state index contributed by atoms with van der Waals surface area (Å²) in [6, 6.07) is 9.34. The second kappa shape index (κ2) is 4.20. The first-order valence-electron chi connectivity index (χ1n) is 5.86. The lowest BCUT2D eigenvalue weighted by Crippen LogP contribution is -2.10. The van der Waals surface area contributed by atoms with Crippen molar-refractivity contribution in [3.05, 3.63) is 47.9 Å². The van der Waals surface area contributed by atoms with Gasteiger partial charge in [-0.3, -0.25) is 4.79 Å². The number of hydrogen-bond acceptors (Lipinski definition) is 3. The molecule has 0 bridgehead atoms. The van der Waals surface area contributed by atoms with Gasteiger partial charge in [-0.25, -0.2) is 9.97 Å². The Balaban J connectivity index is 2.13. The second-order valence-corrected chi connectivity index (χ2v) is 4.37. The van der Waals surface area contributed by atoms with Crippen LogP contribution in [0.1, 0.15) is 16.2 Å². The van der Waals surface area contributed by atoms with E-state index in [1.54, 1.807) is 12.3 Å². The van der Waals surface area contributed by atoms with Gasteiger partial charge < -0.3 is 10.7 Å². The van der Waals surface area contributed by atoms with Crippen LogP contribution in [0.5, 0.6) is 0 Å². The predicted molar refractivity (Wildman–Crippen MR) is 72.6 cm³/mol. The summed E-state index contributed by atoms with van der Waals surface area (Å²) in [7, 11) is 0. The molecule has 3 aromatic rings. The maximum Gasteiger partial charge on any atom is 0.265 e. The van der Waals surface area contributed by atoms with Crippen molar-refractivity contribution in [2.75, 3.05) is 0 Å². The highest BCUT2D eigenvalue weighted by atomic mass is 16.1. The quantitative estimate of drug-likeness (QED) is 0.731. The van der Waals surface area contributed by atoms with Crippen molar-refractivity contribution in [3.63, 3.8) is 0 Å². The summed E-state index contributed by atoms with van der Waals surface area (Å²) < 4.78 is 0. The molecule has 0 radical (unpaired) electrons. The van der Waals surface area contributed by atoms with Crippen molar-refractivity contribution in [3.8, 4) is 11.4 Å². The Labute approximate surface area is 109 Å². The predicted octanol–water partition coefficient (Wildman–Crippen LogP) is 2.03. The molecule has 2 heterocycles. The molecule has 0 saturated heterocycles. The van der Waals surface area contributed by atoms with Gasteiger partial charge in [0, 0.05) is 28.4 Å². The van der Waals surface area contributed by atoms with Crippen LogP contribution in [0, 0.1) is 6.92 Å². The molecular weight excluding hydrogens is 240 g/mol. The fourth-order valence-electron chi connectivity index (χ4n) is 1.99. The van der Waals surface area contributed by atoms with Crippen molar-refractivity contribution in [2.24, 2.45) is 5.73 Å². The molecule has 2 aromatic heterocycles. The molecular formula is C14H12N4O. The van der Waals surface area contributed by atoms with Crippen LogP contribution < -0.4 is 5.73 Å². The first-order chi connectivity index (χ1) is 9.13. The zero-order valence-corrected chi connectivity index (χ0v) is 10.3. The highest BCUT2D eigenvalue weighted by Crippen LogP contribution is 2.22. The number of carbonyl (C=O) groups is 1. The van der Waals surface area contributed by atoms with Gasteiger partial charge in [0.25, 0.3) is 5.91 Å². The topological polar surface area (TPSA) is 84.7 Å². The van der Waals surface area contributed by atoms with E-state index >= 15 is 0 Å². The molecule has 5 nitrogen and oxygen atoms in total. The number of aromatic nitrogens is 3. The first-order valence-corrected chi connectivity index (χ1v) is 5.86. The highest BCUT2D eigenvalue weighted by molar-refractivity contribution is 5.97. The molecule has 3 N–H and O–H groups in total. The van der Waals surface area contributed by atoms with E-state index in [4.69, 9.17) is 5.73 Å². The number of aryl methyl sites for hydroxylation is 1. The monoisotopic (exact) mass is 252 g/mol. The normalized spacial score (nSPS) is 10.8. The van der Waals surface area contributed by atoms with E-state index in [0.29, 0.717) is 11.5 Å². The Hall–Kier alpha value is -2.69. The molecule has 1 aromatic carbocycles. The first kappa shape index (κ1) is 11.4. The van der Waals surface area contributed by atoms with Gasteiger partial charge in [-0.2, -0.15) is 0 Å². The van der Waals surface area contributed by atoms with Crippen LogP contribution in [0.15, 0.2) is 36.5 Å². The summed E-state index contributed by atoms with van der Waals surface area (Å²) in [6.45, 7) is 1.92. The molecule has 0 spiro atoms. The minimum atomic E-state index is -0.468. The number of H-pyrrole nitrogens is 1. The van der Waals surface area contributed by atoms with E-state index in [9.17, 15) is 4.79 Å². The molecule has 0 aliphatic rings. The largest absolute Gasteiger partial charge is 0.364 e. The van der Waals surface area contributed by atoms with Crippen LogP contribution >= 0.6 is 0 Å². The van der Waals surface area contributed by atoms with Crippen molar-refractivity contribution in [1.29, 1.82) is 0 Å². The summed E-state index contributed by atoms with van der Waals surface area (Å²) in [5.74, 6) is 0.196. The van der Waals surface area contributed by atoms with Gasteiger partial charge in [-0.15, -0.1) is 0 Å². The van der Waals surface area contributed by atoms with Crippen LogP contribution in [-0.4, -0.2) is 20.9 Å². The average Bonchev–Trinajstić information content (AvgIpc) is 2.81. The van der Waals surface area contributed by atoms with E-state index < -0.39 is 5.91 Å². The zero-order valence-electron chi connectivity index (χ0n) is 10.3. The summed E-state index contributed by atoms with van der Waals surface area (Å²) in [6.07, 6.45) is 1.73. The Morgan fingerprint density at radius 1 is 1.26 bits per heavy atom. The molecule has 5 heteroatoms. The highest BCUT2D eigenvalue weighted by Gasteiger charge is 2.08. The lowest BCUT2D eigenvalue weighted by atomic mass is 10.1. The number of aromatic amines is 1. The van der Waals surface area contributed by atoms with Gasteiger partial charge in [0.05, 0.1) is 0 Å². The minimum Gasteiger partial charge on any atom is -0.364 e. The zero-order chi connectivity index (χ0) is 13.4. The number of rotatable bonds is 2. The Morgan fingerprint density at radius 2 is 2.11 bits per heavy atom. The number of benzene rings is 1. The smallest absolute Gasteiger partial charge is 0.265 e. The third-order valence-corrected chi connectivity index (χ3v) is 2.94. The van der Waals surface area contributed by atoms with Crippen LogP contribution in [0.25, 0.3) is 22.3 Å². The van der Waals surface area contributed by atoms with Gasteiger partial charge in [0.2, 0.25) is 0 Å². The maximum atomic E-state index is 11.1.